The Morgan fingerprint density at radius 1 is 1.06 bits per heavy atom. The molecule has 2 aromatic carbocycles. The Balaban J connectivity index is 1.68. The van der Waals surface area contributed by atoms with Crippen LogP contribution >= 0.6 is 0 Å². The molecule has 6 nitrogen and oxygen atoms in total. The summed E-state index contributed by atoms with van der Waals surface area (Å²) in [5.74, 6) is -0.718. The maximum atomic E-state index is 13.3. The van der Waals surface area contributed by atoms with Gasteiger partial charge in [0.05, 0.1) is 31.0 Å². The molecule has 1 aliphatic heterocycles. The topological polar surface area (TPSA) is 79.7 Å². The molecule has 1 N–H and O–H groups in total. The maximum Gasteiger partial charge on any atom is 0.290 e. The van der Waals surface area contributed by atoms with E-state index in [9.17, 15) is 14.7 Å². The van der Waals surface area contributed by atoms with E-state index >= 15 is 0 Å². The number of Topliss-reactive ketones (excluding diaryl/α,β-unsaturated/α-hetero) is 1. The maximum absolute atomic E-state index is 13.3. The number of ether oxygens (including phenoxy) is 1. The number of rotatable bonds is 8. The lowest BCUT2D eigenvalue weighted by Crippen LogP contribution is -2.31. The zero-order valence-corrected chi connectivity index (χ0v) is 17.8. The van der Waals surface area contributed by atoms with Gasteiger partial charge in [0, 0.05) is 12.6 Å². The molecule has 1 amide bonds. The van der Waals surface area contributed by atoms with Crippen molar-refractivity contribution in [3.63, 3.8) is 0 Å². The first kappa shape index (κ1) is 21.3. The Bertz CT molecular complexity index is 1140. The molecule has 1 aliphatic rings. The highest BCUT2D eigenvalue weighted by Crippen LogP contribution is 2.40. The second-order valence-electron chi connectivity index (χ2n) is 7.60. The van der Waals surface area contributed by atoms with Crippen LogP contribution in [0.2, 0.25) is 0 Å². The molecule has 4 rings (SSSR count). The van der Waals surface area contributed by atoms with Crippen LogP contribution in [0.5, 0.6) is 5.75 Å². The van der Waals surface area contributed by atoms with Crippen LogP contribution in [0.1, 0.15) is 29.3 Å². The molecule has 0 spiro atoms. The number of aryl methyl sites for hydroxylation is 1. The van der Waals surface area contributed by atoms with Crippen molar-refractivity contribution in [1.29, 1.82) is 0 Å². The second-order valence-corrected chi connectivity index (χ2v) is 7.60. The number of aliphatic hydroxyl groups is 1. The highest BCUT2D eigenvalue weighted by molar-refractivity contribution is 6.09. The summed E-state index contributed by atoms with van der Waals surface area (Å²) < 4.78 is 5.34. The summed E-state index contributed by atoms with van der Waals surface area (Å²) in [6.07, 6.45) is 2.36. The smallest absolute Gasteiger partial charge is 0.290 e. The standard InChI is InChI=1S/C26H24N2O4/c1-32-21-12-7-10-19(16-21)24-23(22(29)14-13-18-8-3-2-4-9-18)25(30)26(31)28(24)17-20-11-5-6-15-27-20/h2-12,15-16,24,30H,13-14,17H2,1H3. The molecule has 0 saturated carbocycles. The van der Waals surface area contributed by atoms with Crippen molar-refractivity contribution in [2.24, 2.45) is 0 Å². The Labute approximate surface area is 186 Å². The van der Waals surface area contributed by atoms with E-state index < -0.39 is 17.7 Å². The molecule has 1 aromatic heterocycles. The van der Waals surface area contributed by atoms with E-state index in [1.165, 1.54) is 4.90 Å². The molecule has 6 heteroatoms. The summed E-state index contributed by atoms with van der Waals surface area (Å²) in [6, 6.07) is 21.6. The Hall–Kier alpha value is -3.93. The van der Waals surface area contributed by atoms with Crippen molar-refractivity contribution >= 4 is 11.7 Å². The fourth-order valence-electron chi connectivity index (χ4n) is 3.96. The SMILES string of the molecule is COc1cccc(C2C(C(=O)CCc3ccccc3)=C(O)C(=O)N2Cc2ccccn2)c1. The van der Waals surface area contributed by atoms with E-state index in [1.807, 2.05) is 48.5 Å². The first-order valence-electron chi connectivity index (χ1n) is 10.4. The molecule has 0 aliphatic carbocycles. The lowest BCUT2D eigenvalue weighted by atomic mass is 9.93. The highest BCUT2D eigenvalue weighted by Gasteiger charge is 2.43. The number of pyridine rings is 1. The van der Waals surface area contributed by atoms with E-state index in [1.54, 1.807) is 37.6 Å². The molecular weight excluding hydrogens is 404 g/mol. The molecule has 1 unspecified atom stereocenters. The molecule has 0 bridgehead atoms. The lowest BCUT2D eigenvalue weighted by Gasteiger charge is -2.27. The van der Waals surface area contributed by atoms with Gasteiger partial charge in [0.25, 0.3) is 5.91 Å². The van der Waals surface area contributed by atoms with Crippen LogP contribution in [0.3, 0.4) is 0 Å². The number of aliphatic hydroxyl groups excluding tert-OH is 1. The van der Waals surface area contributed by atoms with E-state index in [4.69, 9.17) is 4.74 Å². The van der Waals surface area contributed by atoms with Crippen molar-refractivity contribution in [3.8, 4) is 5.75 Å². The second kappa shape index (κ2) is 9.47. The van der Waals surface area contributed by atoms with E-state index in [0.717, 1.165) is 5.56 Å². The number of benzene rings is 2. The summed E-state index contributed by atoms with van der Waals surface area (Å²) in [5.41, 5.74) is 2.50. The number of methoxy groups -OCH3 is 1. The summed E-state index contributed by atoms with van der Waals surface area (Å²) in [5, 5.41) is 10.7. The van der Waals surface area contributed by atoms with Crippen LogP contribution < -0.4 is 4.74 Å². The van der Waals surface area contributed by atoms with E-state index in [-0.39, 0.29) is 24.3 Å². The van der Waals surface area contributed by atoms with Gasteiger partial charge < -0.3 is 14.7 Å². The van der Waals surface area contributed by atoms with Gasteiger partial charge in [-0.15, -0.1) is 0 Å². The van der Waals surface area contributed by atoms with Crippen molar-refractivity contribution in [1.82, 2.24) is 9.88 Å². The average Bonchev–Trinajstić information content (AvgIpc) is 3.09. The minimum Gasteiger partial charge on any atom is -0.503 e. The minimum atomic E-state index is -0.720. The van der Waals surface area contributed by atoms with Crippen molar-refractivity contribution in [2.45, 2.75) is 25.4 Å². The van der Waals surface area contributed by atoms with Crippen LogP contribution in [0.4, 0.5) is 0 Å². The quantitative estimate of drug-likeness (QED) is 0.582. The summed E-state index contributed by atoms with van der Waals surface area (Å²) in [6.45, 7) is 0.168. The predicted molar refractivity (Wildman–Crippen MR) is 120 cm³/mol. The van der Waals surface area contributed by atoms with Gasteiger partial charge in [-0.05, 0) is 41.8 Å². The van der Waals surface area contributed by atoms with Crippen LogP contribution in [0.15, 0.2) is 90.3 Å². The average molecular weight is 428 g/mol. The van der Waals surface area contributed by atoms with E-state index in [2.05, 4.69) is 4.98 Å². The van der Waals surface area contributed by atoms with Gasteiger partial charge in [-0.3, -0.25) is 14.6 Å². The van der Waals surface area contributed by atoms with Crippen LogP contribution in [-0.2, 0) is 22.6 Å². The number of nitrogens with zero attached hydrogens (tertiary/aromatic N) is 2. The van der Waals surface area contributed by atoms with Crippen LogP contribution in [0, 0.1) is 0 Å². The Morgan fingerprint density at radius 2 is 1.84 bits per heavy atom. The van der Waals surface area contributed by atoms with Gasteiger partial charge in [-0.25, -0.2) is 0 Å². The number of ketones is 1. The molecule has 0 fully saturated rings. The fourth-order valence-corrected chi connectivity index (χ4v) is 3.96. The van der Waals surface area contributed by atoms with Crippen molar-refractivity contribution < 1.29 is 19.4 Å². The summed E-state index contributed by atoms with van der Waals surface area (Å²) in [7, 11) is 1.56. The molecule has 1 atom stereocenters. The van der Waals surface area contributed by atoms with Crippen LogP contribution in [0.25, 0.3) is 0 Å². The first-order valence-corrected chi connectivity index (χ1v) is 10.4. The molecule has 0 radical (unpaired) electrons. The number of hydrogen-bond acceptors (Lipinski definition) is 5. The minimum absolute atomic E-state index is 0.120. The number of aromatic nitrogens is 1. The molecule has 2 heterocycles. The van der Waals surface area contributed by atoms with Crippen molar-refractivity contribution in [2.75, 3.05) is 7.11 Å². The molecule has 3 aromatic rings. The predicted octanol–water partition coefficient (Wildman–Crippen LogP) is 4.19. The van der Waals surface area contributed by atoms with Gasteiger partial charge in [0.15, 0.2) is 11.5 Å². The zero-order valence-electron chi connectivity index (χ0n) is 17.8. The third kappa shape index (κ3) is 4.39. The third-order valence-electron chi connectivity index (χ3n) is 5.56. The normalized spacial score (nSPS) is 15.8. The molecule has 0 saturated heterocycles. The summed E-state index contributed by atoms with van der Waals surface area (Å²) in [4.78, 5) is 32.1. The fraction of sp³-hybridized carbons (Fsp3) is 0.192. The molecular formula is C26H24N2O4. The first-order chi connectivity index (χ1) is 15.6. The monoisotopic (exact) mass is 428 g/mol. The van der Waals surface area contributed by atoms with Gasteiger partial charge in [0.1, 0.15) is 5.75 Å². The highest BCUT2D eigenvalue weighted by atomic mass is 16.5. The van der Waals surface area contributed by atoms with Gasteiger partial charge >= 0.3 is 0 Å². The number of carbonyl (C=O) groups excluding carboxylic acids is 2. The third-order valence-corrected chi connectivity index (χ3v) is 5.56. The number of amides is 1. The number of hydrogen-bond donors (Lipinski definition) is 1. The van der Waals surface area contributed by atoms with Crippen molar-refractivity contribution in [3.05, 3.63) is 107 Å². The number of carbonyl (C=O) groups is 2. The molecule has 32 heavy (non-hydrogen) atoms. The van der Waals surface area contributed by atoms with Gasteiger partial charge in [-0.2, -0.15) is 0 Å². The largest absolute Gasteiger partial charge is 0.503 e. The Kier molecular flexibility index (Phi) is 6.31. The van der Waals surface area contributed by atoms with Gasteiger partial charge in [0.2, 0.25) is 0 Å². The van der Waals surface area contributed by atoms with Gasteiger partial charge in [-0.1, -0.05) is 48.5 Å². The zero-order chi connectivity index (χ0) is 22.5. The Morgan fingerprint density at radius 3 is 2.56 bits per heavy atom. The summed E-state index contributed by atoms with van der Waals surface area (Å²) >= 11 is 0. The lowest BCUT2D eigenvalue weighted by molar-refractivity contribution is -0.130. The molecule has 162 valence electrons. The van der Waals surface area contributed by atoms with Crippen LogP contribution in [-0.4, -0.2) is 33.8 Å². The van der Waals surface area contributed by atoms with E-state index in [0.29, 0.717) is 23.4 Å².